The van der Waals surface area contributed by atoms with Gasteiger partial charge in [-0.05, 0) is 92.0 Å². The van der Waals surface area contributed by atoms with Gasteiger partial charge in [-0.3, -0.25) is 0 Å². The van der Waals surface area contributed by atoms with Crippen LogP contribution in [0.25, 0.3) is 16.6 Å². The van der Waals surface area contributed by atoms with Crippen LogP contribution in [0.2, 0.25) is 0 Å². The zero-order chi connectivity index (χ0) is 23.6. The number of aryl methyl sites for hydroxylation is 1. The molecule has 2 N–H and O–H groups in total. The van der Waals surface area contributed by atoms with Crippen molar-refractivity contribution in [3.63, 3.8) is 0 Å². The summed E-state index contributed by atoms with van der Waals surface area (Å²) in [7, 11) is 0. The van der Waals surface area contributed by atoms with Gasteiger partial charge < -0.3 is 10.2 Å². The van der Waals surface area contributed by atoms with Crippen LogP contribution in [0.4, 0.5) is 17.6 Å². The lowest BCUT2D eigenvalue weighted by Crippen LogP contribution is -2.62. The number of halogens is 4. The van der Waals surface area contributed by atoms with Gasteiger partial charge in [0, 0.05) is 10.8 Å². The Morgan fingerprint density at radius 3 is 2.55 bits per heavy atom. The minimum absolute atomic E-state index is 0.144. The smallest absolute Gasteiger partial charge is 0.390 e. The van der Waals surface area contributed by atoms with Crippen LogP contribution in [0.1, 0.15) is 50.2 Å². The van der Waals surface area contributed by atoms with Crippen molar-refractivity contribution in [3.05, 3.63) is 59.5 Å². The average Bonchev–Trinajstić information content (AvgIpc) is 3.11. The molecule has 1 fully saturated rings. The lowest BCUT2D eigenvalue weighted by Gasteiger charge is -2.52. The minimum atomic E-state index is -4.89. The molecule has 1 aromatic heterocycles. The van der Waals surface area contributed by atoms with Crippen molar-refractivity contribution in [2.75, 3.05) is 0 Å². The molecule has 0 spiro atoms. The first kappa shape index (κ1) is 22.3. The summed E-state index contributed by atoms with van der Waals surface area (Å²) in [6, 6.07) is 10.0. The summed E-state index contributed by atoms with van der Waals surface area (Å²) in [5, 5.41) is 26.4. The second-order valence-electron chi connectivity index (χ2n) is 9.55. The third-order valence-corrected chi connectivity index (χ3v) is 7.97. The fourth-order valence-corrected chi connectivity index (χ4v) is 6.14. The molecule has 176 valence electrons. The normalized spacial score (nSPS) is 30.0. The van der Waals surface area contributed by atoms with Crippen LogP contribution in [0, 0.1) is 11.7 Å². The molecule has 0 aliphatic heterocycles. The van der Waals surface area contributed by atoms with Crippen LogP contribution in [0.15, 0.2) is 42.6 Å². The van der Waals surface area contributed by atoms with Crippen molar-refractivity contribution in [1.29, 1.82) is 0 Å². The minimum Gasteiger partial charge on any atom is -0.390 e. The third kappa shape index (κ3) is 3.29. The monoisotopic (exact) mass is 462 g/mol. The van der Waals surface area contributed by atoms with E-state index in [9.17, 15) is 27.8 Å². The summed E-state index contributed by atoms with van der Waals surface area (Å²) >= 11 is 0. The third-order valence-electron chi connectivity index (χ3n) is 7.97. The highest BCUT2D eigenvalue weighted by Crippen LogP contribution is 2.57. The molecule has 1 heterocycles. The Hall–Kier alpha value is -2.45. The van der Waals surface area contributed by atoms with E-state index in [1.807, 2.05) is 19.1 Å². The van der Waals surface area contributed by atoms with Gasteiger partial charge in [-0.15, -0.1) is 0 Å². The van der Waals surface area contributed by atoms with E-state index in [1.165, 1.54) is 12.1 Å². The van der Waals surface area contributed by atoms with Crippen molar-refractivity contribution in [3.8, 4) is 5.69 Å². The first-order valence-corrected chi connectivity index (χ1v) is 11.3. The van der Waals surface area contributed by atoms with Gasteiger partial charge >= 0.3 is 6.18 Å². The van der Waals surface area contributed by atoms with Crippen molar-refractivity contribution < 1.29 is 27.8 Å². The molecule has 5 rings (SSSR count). The number of aliphatic hydroxyl groups excluding tert-OH is 1. The second kappa shape index (κ2) is 7.53. The van der Waals surface area contributed by atoms with Gasteiger partial charge in [-0.1, -0.05) is 6.92 Å². The molecule has 0 saturated heterocycles. The molecule has 33 heavy (non-hydrogen) atoms. The van der Waals surface area contributed by atoms with Gasteiger partial charge in [0.2, 0.25) is 0 Å². The number of aromatic nitrogens is 2. The maximum atomic E-state index is 13.7. The fourth-order valence-electron chi connectivity index (χ4n) is 6.14. The molecule has 4 nitrogen and oxygen atoms in total. The van der Waals surface area contributed by atoms with Crippen LogP contribution in [-0.4, -0.2) is 37.9 Å². The van der Waals surface area contributed by atoms with Crippen molar-refractivity contribution in [2.45, 2.75) is 68.7 Å². The molecule has 4 atom stereocenters. The maximum Gasteiger partial charge on any atom is 0.419 e. The number of benzene rings is 2. The first-order chi connectivity index (χ1) is 15.6. The van der Waals surface area contributed by atoms with Crippen LogP contribution in [0.3, 0.4) is 0 Å². The van der Waals surface area contributed by atoms with Gasteiger partial charge in [0.25, 0.3) is 0 Å². The summed E-state index contributed by atoms with van der Waals surface area (Å²) in [6.45, 7) is 1.94. The van der Waals surface area contributed by atoms with E-state index in [2.05, 4.69) is 5.10 Å². The topological polar surface area (TPSA) is 58.3 Å². The second-order valence-corrected chi connectivity index (χ2v) is 9.55. The largest absolute Gasteiger partial charge is 0.419 e. The first-order valence-electron chi connectivity index (χ1n) is 11.3. The summed E-state index contributed by atoms with van der Waals surface area (Å²) in [5.74, 6) is -0.738. The number of aliphatic hydroxyl groups is 2. The highest BCUT2D eigenvalue weighted by atomic mass is 19.4. The Kier molecular flexibility index (Phi) is 5.10. The molecular formula is C25H26F4N2O2. The van der Waals surface area contributed by atoms with Crippen molar-refractivity contribution in [2.24, 2.45) is 5.92 Å². The van der Waals surface area contributed by atoms with Gasteiger partial charge in [0.15, 0.2) is 5.60 Å². The van der Waals surface area contributed by atoms with Crippen LogP contribution < -0.4 is 0 Å². The lowest BCUT2D eigenvalue weighted by molar-refractivity contribution is -0.310. The Morgan fingerprint density at radius 1 is 1.15 bits per heavy atom. The van der Waals surface area contributed by atoms with Crippen molar-refractivity contribution >= 4 is 10.9 Å². The lowest BCUT2D eigenvalue weighted by atomic mass is 9.55. The number of hydrogen-bond acceptors (Lipinski definition) is 3. The number of fused-ring (bicyclic) bond motifs is 4. The number of nitrogens with zero attached hydrogens (tertiary/aromatic N) is 2. The Bertz CT molecular complexity index is 1190. The predicted molar refractivity (Wildman–Crippen MR) is 116 cm³/mol. The van der Waals surface area contributed by atoms with E-state index in [-0.39, 0.29) is 12.2 Å². The molecule has 4 unspecified atom stereocenters. The van der Waals surface area contributed by atoms with E-state index < -0.39 is 35.6 Å². The maximum absolute atomic E-state index is 13.7. The standard InChI is InChI=1S/C25H26F4N2O2/c1-2-23-13-22(32)24(33,25(27,28)29)12-17(23)5-3-4-15-11-21-16(10-20(15)23)14-30-31(21)19-8-6-18(26)7-9-19/h6-11,14,17,22,32-33H,2-5,12-13H2,1H3. The number of hydrogen-bond donors (Lipinski definition) is 2. The molecule has 2 aliphatic rings. The van der Waals surface area contributed by atoms with E-state index in [4.69, 9.17) is 0 Å². The fraction of sp³-hybridized carbons (Fsp3) is 0.480. The van der Waals surface area contributed by atoms with E-state index in [0.717, 1.165) is 22.0 Å². The summed E-state index contributed by atoms with van der Waals surface area (Å²) in [4.78, 5) is 0. The molecule has 2 aliphatic carbocycles. The highest BCUT2D eigenvalue weighted by Gasteiger charge is 2.65. The average molecular weight is 462 g/mol. The molecule has 2 aromatic carbocycles. The van der Waals surface area contributed by atoms with Crippen LogP contribution in [0.5, 0.6) is 0 Å². The SMILES string of the molecule is CCC12CC(O)C(O)(C(F)(F)F)CC1CCCc1cc3c(cnn3-c3ccc(F)cc3)cc12. The van der Waals surface area contributed by atoms with Crippen LogP contribution >= 0.6 is 0 Å². The van der Waals surface area contributed by atoms with Gasteiger partial charge in [0.1, 0.15) is 5.82 Å². The molecule has 3 aromatic rings. The van der Waals surface area contributed by atoms with Gasteiger partial charge in [-0.2, -0.15) is 18.3 Å². The Balaban J connectivity index is 1.64. The van der Waals surface area contributed by atoms with Crippen LogP contribution in [-0.2, 0) is 11.8 Å². The summed E-state index contributed by atoms with van der Waals surface area (Å²) in [6.07, 6.45) is -3.22. The number of rotatable bonds is 2. The molecule has 0 amide bonds. The van der Waals surface area contributed by atoms with E-state index in [0.29, 0.717) is 31.4 Å². The zero-order valence-corrected chi connectivity index (χ0v) is 18.2. The summed E-state index contributed by atoms with van der Waals surface area (Å²) < 4.78 is 56.2. The molecule has 1 saturated carbocycles. The quantitative estimate of drug-likeness (QED) is 0.514. The Morgan fingerprint density at radius 2 is 1.88 bits per heavy atom. The molecule has 8 heteroatoms. The molecule has 0 bridgehead atoms. The highest BCUT2D eigenvalue weighted by molar-refractivity contribution is 5.82. The van der Waals surface area contributed by atoms with Crippen molar-refractivity contribution in [1.82, 2.24) is 9.78 Å². The molecule has 0 radical (unpaired) electrons. The number of alkyl halides is 3. The summed E-state index contributed by atoms with van der Waals surface area (Å²) in [5.41, 5.74) is -0.213. The Labute approximate surface area is 188 Å². The zero-order valence-electron chi connectivity index (χ0n) is 18.2. The van der Waals surface area contributed by atoms with Gasteiger partial charge in [0.05, 0.1) is 23.5 Å². The van der Waals surface area contributed by atoms with E-state index in [1.54, 1.807) is 23.0 Å². The molecular weight excluding hydrogens is 436 g/mol. The van der Waals surface area contributed by atoms with Gasteiger partial charge in [-0.25, -0.2) is 9.07 Å². The predicted octanol–water partition coefficient (Wildman–Crippen LogP) is 5.21. The van der Waals surface area contributed by atoms with E-state index >= 15 is 0 Å².